The van der Waals surface area contributed by atoms with E-state index in [1.54, 1.807) is 12.1 Å². The standard InChI is InChI=1S/C10H6FNO2/c11-8-3-1-2-7(4-8)9-5-12-10(6-13)14-9/h1-6H. The smallest absolute Gasteiger partial charge is 0.260 e. The zero-order chi connectivity index (χ0) is 9.97. The van der Waals surface area contributed by atoms with E-state index in [9.17, 15) is 9.18 Å². The van der Waals surface area contributed by atoms with Crippen molar-refractivity contribution in [2.75, 3.05) is 0 Å². The van der Waals surface area contributed by atoms with Gasteiger partial charge in [0.25, 0.3) is 5.89 Å². The molecule has 0 unspecified atom stereocenters. The lowest BCUT2D eigenvalue weighted by molar-refractivity contribution is 0.109. The van der Waals surface area contributed by atoms with Gasteiger partial charge in [-0.1, -0.05) is 12.1 Å². The highest BCUT2D eigenvalue weighted by molar-refractivity contribution is 5.69. The first kappa shape index (κ1) is 8.62. The number of aldehydes is 1. The number of halogens is 1. The maximum Gasteiger partial charge on any atom is 0.260 e. The van der Waals surface area contributed by atoms with E-state index in [1.807, 2.05) is 0 Å². The molecule has 0 spiro atoms. The number of carbonyl (C=O) groups is 1. The molecule has 2 rings (SSSR count). The van der Waals surface area contributed by atoms with Crippen LogP contribution in [-0.4, -0.2) is 11.3 Å². The van der Waals surface area contributed by atoms with Gasteiger partial charge in [0.05, 0.1) is 6.20 Å². The molecule has 0 atom stereocenters. The van der Waals surface area contributed by atoms with Crippen LogP contribution in [-0.2, 0) is 0 Å². The van der Waals surface area contributed by atoms with E-state index in [1.165, 1.54) is 18.3 Å². The first-order chi connectivity index (χ1) is 6.79. The summed E-state index contributed by atoms with van der Waals surface area (Å²) >= 11 is 0. The van der Waals surface area contributed by atoms with Gasteiger partial charge in [0.1, 0.15) is 5.82 Å². The maximum absolute atomic E-state index is 12.8. The van der Waals surface area contributed by atoms with Crippen LogP contribution in [0, 0.1) is 5.82 Å². The average molecular weight is 191 g/mol. The number of aromatic nitrogens is 1. The highest BCUT2D eigenvalue weighted by atomic mass is 19.1. The van der Waals surface area contributed by atoms with Crippen molar-refractivity contribution in [1.29, 1.82) is 0 Å². The molecule has 0 aliphatic heterocycles. The third kappa shape index (κ3) is 1.54. The molecule has 0 aliphatic rings. The molecule has 0 N–H and O–H groups in total. The number of benzene rings is 1. The average Bonchev–Trinajstić information content (AvgIpc) is 2.66. The van der Waals surface area contributed by atoms with Gasteiger partial charge in [-0.05, 0) is 12.1 Å². The summed E-state index contributed by atoms with van der Waals surface area (Å²) in [7, 11) is 0. The first-order valence-electron chi connectivity index (χ1n) is 3.96. The summed E-state index contributed by atoms with van der Waals surface area (Å²) in [5.41, 5.74) is 0.561. The molecule has 1 heterocycles. The van der Waals surface area contributed by atoms with E-state index in [2.05, 4.69) is 4.98 Å². The van der Waals surface area contributed by atoms with Gasteiger partial charge in [-0.3, -0.25) is 4.79 Å². The zero-order valence-corrected chi connectivity index (χ0v) is 7.11. The van der Waals surface area contributed by atoms with Crippen LogP contribution in [0.4, 0.5) is 4.39 Å². The van der Waals surface area contributed by atoms with Gasteiger partial charge < -0.3 is 4.42 Å². The Bertz CT molecular complexity index is 465. The second-order valence-electron chi connectivity index (χ2n) is 2.69. The summed E-state index contributed by atoms with van der Waals surface area (Å²) in [6.07, 6.45) is 1.89. The first-order valence-corrected chi connectivity index (χ1v) is 3.96. The largest absolute Gasteiger partial charge is 0.434 e. The van der Waals surface area contributed by atoms with Crippen molar-refractivity contribution in [3.8, 4) is 11.3 Å². The number of carbonyl (C=O) groups excluding carboxylic acids is 1. The minimum Gasteiger partial charge on any atom is -0.434 e. The molecule has 4 heteroatoms. The summed E-state index contributed by atoms with van der Waals surface area (Å²) in [5.74, 6) is 0.0161. The lowest BCUT2D eigenvalue weighted by Crippen LogP contribution is -1.76. The maximum atomic E-state index is 12.8. The van der Waals surface area contributed by atoms with E-state index in [-0.39, 0.29) is 11.7 Å². The molecule has 1 aromatic carbocycles. The van der Waals surface area contributed by atoms with Crippen LogP contribution < -0.4 is 0 Å². The second-order valence-corrected chi connectivity index (χ2v) is 2.69. The van der Waals surface area contributed by atoms with Crippen molar-refractivity contribution >= 4 is 6.29 Å². The molecular weight excluding hydrogens is 185 g/mol. The Morgan fingerprint density at radius 3 is 2.93 bits per heavy atom. The highest BCUT2D eigenvalue weighted by Gasteiger charge is 2.05. The van der Waals surface area contributed by atoms with Crippen molar-refractivity contribution in [2.45, 2.75) is 0 Å². The Labute approximate surface area is 79.2 Å². The molecule has 1 aromatic heterocycles. The third-order valence-corrected chi connectivity index (χ3v) is 1.73. The normalized spacial score (nSPS) is 10.1. The number of hydrogen-bond acceptors (Lipinski definition) is 3. The molecule has 0 fully saturated rings. The molecule has 2 aromatic rings. The Morgan fingerprint density at radius 2 is 2.29 bits per heavy atom. The molecule has 0 aliphatic carbocycles. The Balaban J connectivity index is 2.43. The van der Waals surface area contributed by atoms with Crippen molar-refractivity contribution in [1.82, 2.24) is 4.98 Å². The highest BCUT2D eigenvalue weighted by Crippen LogP contribution is 2.20. The van der Waals surface area contributed by atoms with Gasteiger partial charge in [-0.15, -0.1) is 0 Å². The molecule has 0 saturated carbocycles. The van der Waals surface area contributed by atoms with E-state index in [0.717, 1.165) is 0 Å². The fourth-order valence-corrected chi connectivity index (χ4v) is 1.12. The van der Waals surface area contributed by atoms with E-state index in [0.29, 0.717) is 17.6 Å². The van der Waals surface area contributed by atoms with Gasteiger partial charge in [0.15, 0.2) is 5.76 Å². The molecule has 0 radical (unpaired) electrons. The Morgan fingerprint density at radius 1 is 1.43 bits per heavy atom. The van der Waals surface area contributed by atoms with Gasteiger partial charge >= 0.3 is 0 Å². The van der Waals surface area contributed by atoms with Crippen molar-refractivity contribution in [3.63, 3.8) is 0 Å². The minimum absolute atomic E-state index is 0.00994. The molecule has 0 bridgehead atoms. The number of rotatable bonds is 2. The van der Waals surface area contributed by atoms with E-state index >= 15 is 0 Å². The molecule has 14 heavy (non-hydrogen) atoms. The van der Waals surface area contributed by atoms with Gasteiger partial charge in [-0.25, -0.2) is 9.37 Å². The minimum atomic E-state index is -0.355. The monoisotopic (exact) mass is 191 g/mol. The van der Waals surface area contributed by atoms with Crippen molar-refractivity contribution in [3.05, 3.63) is 42.2 Å². The van der Waals surface area contributed by atoms with Crippen LogP contribution in [0.25, 0.3) is 11.3 Å². The second kappa shape index (κ2) is 3.41. The summed E-state index contributed by atoms with van der Waals surface area (Å²) in [6, 6.07) is 5.89. The molecule has 70 valence electrons. The van der Waals surface area contributed by atoms with Crippen LogP contribution in [0.2, 0.25) is 0 Å². The van der Waals surface area contributed by atoms with Crippen LogP contribution >= 0.6 is 0 Å². The number of oxazole rings is 1. The Hall–Kier alpha value is -1.97. The summed E-state index contributed by atoms with van der Waals surface area (Å²) in [6.45, 7) is 0. The van der Waals surface area contributed by atoms with Gasteiger partial charge in [0.2, 0.25) is 6.29 Å². The van der Waals surface area contributed by atoms with Crippen molar-refractivity contribution < 1.29 is 13.6 Å². The summed E-state index contributed by atoms with van der Waals surface area (Å²) in [5, 5.41) is 0. The van der Waals surface area contributed by atoms with Gasteiger partial charge in [-0.2, -0.15) is 0 Å². The third-order valence-electron chi connectivity index (χ3n) is 1.73. The SMILES string of the molecule is O=Cc1ncc(-c2cccc(F)c2)o1. The fourth-order valence-electron chi connectivity index (χ4n) is 1.12. The number of nitrogens with zero attached hydrogens (tertiary/aromatic N) is 1. The summed E-state index contributed by atoms with van der Waals surface area (Å²) in [4.78, 5) is 14.0. The Kier molecular flexibility index (Phi) is 2.10. The molecule has 3 nitrogen and oxygen atoms in total. The van der Waals surface area contributed by atoms with Gasteiger partial charge in [0, 0.05) is 5.56 Å². The van der Waals surface area contributed by atoms with Crippen LogP contribution in [0.3, 0.4) is 0 Å². The predicted octanol–water partition coefficient (Wildman–Crippen LogP) is 2.29. The van der Waals surface area contributed by atoms with Crippen LogP contribution in [0.15, 0.2) is 34.9 Å². The topological polar surface area (TPSA) is 43.1 Å². The molecular formula is C10H6FNO2. The fraction of sp³-hybridized carbons (Fsp3) is 0. The quantitative estimate of drug-likeness (QED) is 0.684. The zero-order valence-electron chi connectivity index (χ0n) is 7.11. The van der Waals surface area contributed by atoms with Crippen LogP contribution in [0.5, 0.6) is 0 Å². The number of hydrogen-bond donors (Lipinski definition) is 0. The summed E-state index contributed by atoms with van der Waals surface area (Å²) < 4.78 is 17.8. The van der Waals surface area contributed by atoms with E-state index in [4.69, 9.17) is 4.42 Å². The lowest BCUT2D eigenvalue weighted by Gasteiger charge is -1.94. The lowest BCUT2D eigenvalue weighted by atomic mass is 10.2. The molecule has 0 saturated heterocycles. The van der Waals surface area contributed by atoms with E-state index < -0.39 is 0 Å². The van der Waals surface area contributed by atoms with Crippen LogP contribution in [0.1, 0.15) is 10.7 Å². The van der Waals surface area contributed by atoms with Crippen molar-refractivity contribution in [2.24, 2.45) is 0 Å². The predicted molar refractivity (Wildman–Crippen MR) is 47.3 cm³/mol. The molecule has 0 amide bonds.